The Bertz CT molecular complexity index is 660. The van der Waals surface area contributed by atoms with Gasteiger partial charge in [-0.3, -0.25) is 4.79 Å². The number of nitrogens with one attached hydrogen (secondary N) is 1. The second-order valence-corrected chi connectivity index (χ2v) is 6.62. The van der Waals surface area contributed by atoms with Crippen LogP contribution in [0.2, 0.25) is 0 Å². The van der Waals surface area contributed by atoms with Crippen LogP contribution in [0, 0.1) is 5.92 Å². The molecule has 0 bridgehead atoms. The van der Waals surface area contributed by atoms with E-state index in [2.05, 4.69) is 20.2 Å². The Morgan fingerprint density at radius 1 is 1.59 bits per heavy atom. The molecule has 1 aliphatic heterocycles. The molecule has 2 N–H and O–H groups in total. The number of thiophene rings is 1. The summed E-state index contributed by atoms with van der Waals surface area (Å²) in [5.41, 5.74) is 0. The standard InChI is InChI=1S/C15H20N4O2S/c1-10(8-20)7-16-14(21)12-3-2-5-19(12)13-11-4-6-22-15(11)18-9-17-13/h4,6,9-10,12,20H,2-3,5,7-8H2,1H3,(H,16,21). The van der Waals surface area contributed by atoms with Crippen LogP contribution >= 0.6 is 11.3 Å². The summed E-state index contributed by atoms with van der Waals surface area (Å²) in [6.45, 7) is 3.31. The van der Waals surface area contributed by atoms with Crippen LogP contribution < -0.4 is 10.2 Å². The topological polar surface area (TPSA) is 78.4 Å². The maximum absolute atomic E-state index is 12.4. The van der Waals surface area contributed by atoms with E-state index in [1.807, 2.05) is 18.4 Å². The van der Waals surface area contributed by atoms with Gasteiger partial charge in [-0.05, 0) is 30.2 Å². The monoisotopic (exact) mass is 320 g/mol. The summed E-state index contributed by atoms with van der Waals surface area (Å²) in [5, 5.41) is 15.0. The minimum atomic E-state index is -0.191. The Morgan fingerprint density at radius 2 is 2.45 bits per heavy atom. The van der Waals surface area contributed by atoms with Crippen LogP contribution in [0.15, 0.2) is 17.8 Å². The van der Waals surface area contributed by atoms with E-state index < -0.39 is 0 Å². The lowest BCUT2D eigenvalue weighted by molar-refractivity contribution is -0.122. The lowest BCUT2D eigenvalue weighted by Gasteiger charge is -2.25. The number of fused-ring (bicyclic) bond motifs is 1. The van der Waals surface area contributed by atoms with Gasteiger partial charge in [0.1, 0.15) is 23.0 Å². The number of hydrogen-bond acceptors (Lipinski definition) is 6. The first-order valence-corrected chi connectivity index (χ1v) is 8.42. The van der Waals surface area contributed by atoms with Gasteiger partial charge in [0.05, 0.1) is 5.39 Å². The van der Waals surface area contributed by atoms with Gasteiger partial charge in [0, 0.05) is 19.7 Å². The molecule has 3 heterocycles. The summed E-state index contributed by atoms with van der Waals surface area (Å²) >= 11 is 1.58. The predicted octanol–water partition coefficient (Wildman–Crippen LogP) is 1.40. The fraction of sp³-hybridized carbons (Fsp3) is 0.533. The summed E-state index contributed by atoms with van der Waals surface area (Å²) in [7, 11) is 0. The van der Waals surface area contributed by atoms with Gasteiger partial charge in [0.25, 0.3) is 0 Å². The van der Waals surface area contributed by atoms with Crippen molar-refractivity contribution in [1.82, 2.24) is 15.3 Å². The van der Waals surface area contributed by atoms with Gasteiger partial charge in [-0.25, -0.2) is 9.97 Å². The van der Waals surface area contributed by atoms with Gasteiger partial charge >= 0.3 is 0 Å². The number of carbonyl (C=O) groups excluding carboxylic acids is 1. The molecule has 2 atom stereocenters. The average molecular weight is 320 g/mol. The lowest BCUT2D eigenvalue weighted by Crippen LogP contribution is -2.45. The summed E-state index contributed by atoms with van der Waals surface area (Å²) < 4.78 is 0. The molecule has 1 saturated heterocycles. The molecule has 2 unspecified atom stereocenters. The van der Waals surface area contributed by atoms with Crippen LogP contribution in [0.3, 0.4) is 0 Å². The highest BCUT2D eigenvalue weighted by Gasteiger charge is 2.32. The molecule has 6 nitrogen and oxygen atoms in total. The van der Waals surface area contributed by atoms with E-state index in [9.17, 15) is 4.79 Å². The predicted molar refractivity (Wildman–Crippen MR) is 87.0 cm³/mol. The van der Waals surface area contributed by atoms with E-state index in [4.69, 9.17) is 5.11 Å². The van der Waals surface area contributed by atoms with E-state index in [-0.39, 0.29) is 24.5 Å². The Morgan fingerprint density at radius 3 is 3.27 bits per heavy atom. The van der Waals surface area contributed by atoms with Crippen LogP contribution in [0.5, 0.6) is 0 Å². The van der Waals surface area contributed by atoms with Crippen molar-refractivity contribution >= 4 is 33.3 Å². The van der Waals surface area contributed by atoms with Crippen molar-refractivity contribution in [3.63, 3.8) is 0 Å². The summed E-state index contributed by atoms with van der Waals surface area (Å²) in [5.74, 6) is 0.931. The van der Waals surface area contributed by atoms with E-state index >= 15 is 0 Å². The normalized spacial score (nSPS) is 19.5. The third-order valence-corrected chi connectivity index (χ3v) is 4.83. The Hall–Kier alpha value is -1.73. The molecule has 0 spiro atoms. The minimum absolute atomic E-state index is 0.0137. The number of nitrogens with zero attached hydrogens (tertiary/aromatic N) is 3. The SMILES string of the molecule is CC(CO)CNC(=O)C1CCCN1c1ncnc2sccc12. The highest BCUT2D eigenvalue weighted by molar-refractivity contribution is 7.16. The number of rotatable bonds is 5. The molecule has 1 amide bonds. The number of amides is 1. The van der Waals surface area contributed by atoms with Crippen LogP contribution in [0.1, 0.15) is 19.8 Å². The molecule has 0 saturated carbocycles. The van der Waals surface area contributed by atoms with Gasteiger partial charge in [0.15, 0.2) is 0 Å². The van der Waals surface area contributed by atoms with Gasteiger partial charge in [-0.15, -0.1) is 11.3 Å². The minimum Gasteiger partial charge on any atom is -0.396 e. The molecule has 0 radical (unpaired) electrons. The largest absolute Gasteiger partial charge is 0.396 e. The summed E-state index contributed by atoms with van der Waals surface area (Å²) in [6, 6.07) is 1.82. The average Bonchev–Trinajstić information content (AvgIpc) is 3.20. The molecule has 0 aliphatic carbocycles. The van der Waals surface area contributed by atoms with Crippen LogP contribution in [-0.4, -0.2) is 46.7 Å². The van der Waals surface area contributed by atoms with Crippen LogP contribution in [0.4, 0.5) is 5.82 Å². The number of carbonyl (C=O) groups is 1. The van der Waals surface area contributed by atoms with Gasteiger partial charge < -0.3 is 15.3 Å². The summed E-state index contributed by atoms with van der Waals surface area (Å²) in [6.07, 6.45) is 3.37. The molecule has 2 aromatic rings. The second kappa shape index (κ2) is 6.58. The molecule has 1 fully saturated rings. The van der Waals surface area contributed by atoms with E-state index in [0.29, 0.717) is 6.54 Å². The zero-order valence-electron chi connectivity index (χ0n) is 12.5. The Labute approximate surface area is 133 Å². The molecule has 0 aromatic carbocycles. The van der Waals surface area contributed by atoms with Crippen molar-refractivity contribution < 1.29 is 9.90 Å². The van der Waals surface area contributed by atoms with Crippen molar-refractivity contribution in [3.05, 3.63) is 17.8 Å². The zero-order valence-corrected chi connectivity index (χ0v) is 13.3. The summed E-state index contributed by atoms with van der Waals surface area (Å²) in [4.78, 5) is 24.1. The number of aliphatic hydroxyl groups is 1. The van der Waals surface area contributed by atoms with Crippen LogP contribution in [-0.2, 0) is 4.79 Å². The smallest absolute Gasteiger partial charge is 0.242 e. The molecule has 1 aliphatic rings. The van der Waals surface area contributed by atoms with Gasteiger partial charge in [-0.1, -0.05) is 6.92 Å². The van der Waals surface area contributed by atoms with Gasteiger partial charge in [0.2, 0.25) is 5.91 Å². The first-order chi connectivity index (χ1) is 10.7. The highest BCUT2D eigenvalue weighted by Crippen LogP contribution is 2.31. The van der Waals surface area contributed by atoms with E-state index in [0.717, 1.165) is 35.4 Å². The van der Waals surface area contributed by atoms with Crippen molar-refractivity contribution in [2.45, 2.75) is 25.8 Å². The second-order valence-electron chi connectivity index (χ2n) is 5.72. The van der Waals surface area contributed by atoms with Crippen molar-refractivity contribution in [3.8, 4) is 0 Å². The molecule has 118 valence electrons. The number of hydrogen-bond donors (Lipinski definition) is 2. The van der Waals surface area contributed by atoms with Crippen molar-refractivity contribution in [2.24, 2.45) is 5.92 Å². The highest BCUT2D eigenvalue weighted by atomic mass is 32.1. The first-order valence-electron chi connectivity index (χ1n) is 7.54. The van der Waals surface area contributed by atoms with E-state index in [1.165, 1.54) is 0 Å². The molecule has 2 aromatic heterocycles. The molecular weight excluding hydrogens is 300 g/mol. The maximum Gasteiger partial charge on any atom is 0.242 e. The number of aromatic nitrogens is 2. The molecular formula is C15H20N4O2S. The van der Waals surface area contributed by atoms with Crippen molar-refractivity contribution in [1.29, 1.82) is 0 Å². The first kappa shape index (κ1) is 15.2. The molecule has 3 rings (SSSR count). The Balaban J connectivity index is 1.78. The fourth-order valence-corrected chi connectivity index (χ4v) is 3.48. The van der Waals surface area contributed by atoms with E-state index in [1.54, 1.807) is 17.7 Å². The van der Waals surface area contributed by atoms with Crippen LogP contribution in [0.25, 0.3) is 10.2 Å². The number of anilines is 1. The lowest BCUT2D eigenvalue weighted by atomic mass is 10.1. The fourth-order valence-electron chi connectivity index (χ4n) is 2.76. The Kier molecular flexibility index (Phi) is 4.54. The number of aliphatic hydroxyl groups excluding tert-OH is 1. The zero-order chi connectivity index (χ0) is 15.5. The maximum atomic E-state index is 12.4. The third kappa shape index (κ3) is 2.91. The molecule has 22 heavy (non-hydrogen) atoms. The quantitative estimate of drug-likeness (QED) is 0.871. The van der Waals surface area contributed by atoms with Gasteiger partial charge in [-0.2, -0.15) is 0 Å². The molecule has 7 heteroatoms. The third-order valence-electron chi connectivity index (χ3n) is 4.00. The van der Waals surface area contributed by atoms with Crippen molar-refractivity contribution in [2.75, 3.05) is 24.6 Å².